The van der Waals surface area contributed by atoms with Crippen LogP contribution in [-0.4, -0.2) is 29.3 Å². The third kappa shape index (κ3) is 7.33. The van der Waals surface area contributed by atoms with E-state index in [2.05, 4.69) is 12.2 Å². The molecule has 0 aliphatic carbocycles. The lowest BCUT2D eigenvalue weighted by atomic mass is 10.1. The molecule has 0 bridgehead atoms. The molecule has 2 aromatic rings. The fraction of sp³-hybridized carbons (Fsp3) is 0.417. The van der Waals surface area contributed by atoms with Gasteiger partial charge in [-0.25, -0.2) is 4.39 Å². The van der Waals surface area contributed by atoms with Gasteiger partial charge in [0.2, 0.25) is 11.8 Å². The van der Waals surface area contributed by atoms with E-state index in [4.69, 9.17) is 0 Å². The van der Waals surface area contributed by atoms with Gasteiger partial charge in [0.05, 0.1) is 0 Å². The van der Waals surface area contributed by atoms with Crippen LogP contribution in [0.25, 0.3) is 0 Å². The van der Waals surface area contributed by atoms with E-state index in [1.165, 1.54) is 12.1 Å². The molecule has 0 aliphatic rings. The Kier molecular flexibility index (Phi) is 9.35. The van der Waals surface area contributed by atoms with E-state index in [9.17, 15) is 14.0 Å². The summed E-state index contributed by atoms with van der Waals surface area (Å²) in [5.74, 6) is -0.521. The van der Waals surface area contributed by atoms with E-state index in [-0.39, 0.29) is 24.2 Å². The number of hydrogen-bond acceptors (Lipinski definition) is 2. The molecule has 2 amide bonds. The van der Waals surface area contributed by atoms with E-state index in [1.54, 1.807) is 17.0 Å². The molecule has 2 rings (SSSR count). The maximum atomic E-state index is 13.3. The minimum absolute atomic E-state index is 0.0735. The number of unbranched alkanes of at least 4 members (excludes halogenated alkanes) is 1. The fourth-order valence-corrected chi connectivity index (χ4v) is 3.25. The van der Waals surface area contributed by atoms with Gasteiger partial charge in [-0.15, -0.1) is 0 Å². The van der Waals surface area contributed by atoms with E-state index in [0.717, 1.165) is 24.0 Å². The van der Waals surface area contributed by atoms with Gasteiger partial charge in [0, 0.05) is 19.5 Å². The third-order valence-corrected chi connectivity index (χ3v) is 4.95. The van der Waals surface area contributed by atoms with Crippen molar-refractivity contribution in [3.05, 3.63) is 71.5 Å². The Labute approximate surface area is 173 Å². The fourth-order valence-electron chi connectivity index (χ4n) is 3.25. The summed E-state index contributed by atoms with van der Waals surface area (Å²) in [6, 6.07) is 15.4. The SMILES string of the molecule is CCCCNC(=O)[C@@H](CC)N(Cc1ccc(F)cc1)C(=O)CCc1ccccc1. The number of aryl methyl sites for hydroxylation is 1. The van der Waals surface area contributed by atoms with Crippen molar-refractivity contribution in [1.82, 2.24) is 10.2 Å². The Balaban J connectivity index is 2.14. The van der Waals surface area contributed by atoms with Crippen molar-refractivity contribution < 1.29 is 14.0 Å². The predicted octanol–water partition coefficient (Wildman–Crippen LogP) is 4.48. The van der Waals surface area contributed by atoms with Crippen molar-refractivity contribution in [3.8, 4) is 0 Å². The Bertz CT molecular complexity index is 762. The van der Waals surface area contributed by atoms with Crippen LogP contribution < -0.4 is 5.32 Å². The lowest BCUT2D eigenvalue weighted by Crippen LogP contribution is -2.49. The molecular weight excluding hydrogens is 367 g/mol. The van der Waals surface area contributed by atoms with E-state index in [0.29, 0.717) is 25.8 Å². The molecule has 0 aliphatic heterocycles. The molecule has 0 aromatic heterocycles. The van der Waals surface area contributed by atoms with Crippen molar-refractivity contribution in [2.24, 2.45) is 0 Å². The molecule has 156 valence electrons. The van der Waals surface area contributed by atoms with Crippen molar-refractivity contribution >= 4 is 11.8 Å². The van der Waals surface area contributed by atoms with Crippen molar-refractivity contribution in [2.75, 3.05) is 6.54 Å². The highest BCUT2D eigenvalue weighted by Gasteiger charge is 2.28. The minimum atomic E-state index is -0.541. The van der Waals surface area contributed by atoms with Crippen molar-refractivity contribution in [3.63, 3.8) is 0 Å². The molecule has 4 nitrogen and oxygen atoms in total. The molecule has 5 heteroatoms. The van der Waals surface area contributed by atoms with Gasteiger partial charge in [-0.2, -0.15) is 0 Å². The zero-order valence-corrected chi connectivity index (χ0v) is 17.4. The number of nitrogens with zero attached hydrogens (tertiary/aromatic N) is 1. The van der Waals surface area contributed by atoms with Crippen LogP contribution in [0, 0.1) is 5.82 Å². The second-order valence-electron chi connectivity index (χ2n) is 7.20. The van der Waals surface area contributed by atoms with E-state index >= 15 is 0 Å². The van der Waals surface area contributed by atoms with Crippen LogP contribution in [0.1, 0.15) is 50.7 Å². The highest BCUT2D eigenvalue weighted by molar-refractivity contribution is 5.87. The van der Waals surface area contributed by atoms with Crippen LogP contribution in [-0.2, 0) is 22.6 Å². The number of amides is 2. The maximum Gasteiger partial charge on any atom is 0.242 e. The molecule has 29 heavy (non-hydrogen) atoms. The lowest BCUT2D eigenvalue weighted by molar-refractivity contribution is -0.141. The Hall–Kier alpha value is -2.69. The van der Waals surface area contributed by atoms with Gasteiger partial charge < -0.3 is 10.2 Å². The quantitative estimate of drug-likeness (QED) is 0.567. The van der Waals surface area contributed by atoms with E-state index < -0.39 is 6.04 Å². The predicted molar refractivity (Wildman–Crippen MR) is 114 cm³/mol. The van der Waals surface area contributed by atoms with E-state index in [1.807, 2.05) is 37.3 Å². The standard InChI is InChI=1S/C24H31FN2O2/c1-3-5-17-26-24(29)22(4-2)27(18-20-11-14-21(25)15-12-20)23(28)16-13-19-9-7-6-8-10-19/h6-12,14-15,22H,3-5,13,16-18H2,1-2H3,(H,26,29)/t22-/m1/s1. The molecule has 2 aromatic carbocycles. The first-order valence-electron chi connectivity index (χ1n) is 10.4. The number of benzene rings is 2. The molecule has 1 atom stereocenters. The highest BCUT2D eigenvalue weighted by atomic mass is 19.1. The van der Waals surface area contributed by atoms with Gasteiger partial charge >= 0.3 is 0 Å². The summed E-state index contributed by atoms with van der Waals surface area (Å²) in [5.41, 5.74) is 1.89. The third-order valence-electron chi connectivity index (χ3n) is 4.95. The summed E-state index contributed by atoms with van der Waals surface area (Å²) in [6.07, 6.45) is 3.36. The van der Waals surface area contributed by atoms with Crippen LogP contribution >= 0.6 is 0 Å². The van der Waals surface area contributed by atoms with Gasteiger partial charge in [0.1, 0.15) is 11.9 Å². The van der Waals surface area contributed by atoms with Gasteiger partial charge in [0.25, 0.3) is 0 Å². The Morgan fingerprint density at radius 3 is 2.31 bits per heavy atom. The van der Waals surface area contributed by atoms with Crippen molar-refractivity contribution in [2.45, 2.75) is 58.5 Å². The first kappa shape index (κ1) is 22.6. The van der Waals surface area contributed by atoms with Crippen LogP contribution in [0.5, 0.6) is 0 Å². The summed E-state index contributed by atoms with van der Waals surface area (Å²) in [5, 5.41) is 2.95. The topological polar surface area (TPSA) is 49.4 Å². The normalized spacial score (nSPS) is 11.7. The number of rotatable bonds is 11. The summed E-state index contributed by atoms with van der Waals surface area (Å²) < 4.78 is 13.3. The Morgan fingerprint density at radius 1 is 1.00 bits per heavy atom. The average Bonchev–Trinajstić information content (AvgIpc) is 2.74. The van der Waals surface area contributed by atoms with Crippen LogP contribution in [0.3, 0.4) is 0 Å². The van der Waals surface area contributed by atoms with Gasteiger partial charge in [-0.1, -0.05) is 62.7 Å². The molecule has 0 fully saturated rings. The molecule has 0 unspecified atom stereocenters. The number of carbonyl (C=O) groups is 2. The van der Waals surface area contributed by atoms with Crippen LogP contribution in [0.2, 0.25) is 0 Å². The largest absolute Gasteiger partial charge is 0.354 e. The van der Waals surface area contributed by atoms with Crippen molar-refractivity contribution in [1.29, 1.82) is 0 Å². The lowest BCUT2D eigenvalue weighted by Gasteiger charge is -2.31. The molecule has 0 saturated carbocycles. The summed E-state index contributed by atoms with van der Waals surface area (Å²) in [4.78, 5) is 27.5. The minimum Gasteiger partial charge on any atom is -0.354 e. The summed E-state index contributed by atoms with van der Waals surface area (Å²) in [7, 11) is 0. The average molecular weight is 399 g/mol. The monoisotopic (exact) mass is 398 g/mol. The Morgan fingerprint density at radius 2 is 1.69 bits per heavy atom. The van der Waals surface area contributed by atoms with Crippen LogP contribution in [0.4, 0.5) is 4.39 Å². The van der Waals surface area contributed by atoms with Crippen LogP contribution in [0.15, 0.2) is 54.6 Å². The van der Waals surface area contributed by atoms with Gasteiger partial charge in [0.15, 0.2) is 0 Å². The number of nitrogens with one attached hydrogen (secondary N) is 1. The first-order valence-corrected chi connectivity index (χ1v) is 10.4. The summed E-state index contributed by atoms with van der Waals surface area (Å²) in [6.45, 7) is 4.87. The number of carbonyl (C=O) groups excluding carboxylic acids is 2. The molecular formula is C24H31FN2O2. The second-order valence-corrected chi connectivity index (χ2v) is 7.20. The van der Waals surface area contributed by atoms with Gasteiger partial charge in [-0.3, -0.25) is 9.59 Å². The van der Waals surface area contributed by atoms with Gasteiger partial charge in [-0.05, 0) is 42.5 Å². The second kappa shape index (κ2) is 12.0. The molecule has 0 spiro atoms. The molecule has 0 saturated heterocycles. The zero-order chi connectivity index (χ0) is 21.1. The molecule has 0 radical (unpaired) electrons. The number of halogens is 1. The smallest absolute Gasteiger partial charge is 0.242 e. The molecule has 1 N–H and O–H groups in total. The zero-order valence-electron chi connectivity index (χ0n) is 17.4. The highest BCUT2D eigenvalue weighted by Crippen LogP contribution is 2.15. The maximum absolute atomic E-state index is 13.3. The molecule has 0 heterocycles. The summed E-state index contributed by atoms with van der Waals surface area (Å²) >= 11 is 0. The first-order chi connectivity index (χ1) is 14.0. The number of hydrogen-bond donors (Lipinski definition) is 1.